The predicted octanol–water partition coefficient (Wildman–Crippen LogP) is 3.19. The molecule has 1 amide bonds. The lowest BCUT2D eigenvalue weighted by Gasteiger charge is -2.08. The number of nitrogens with zero attached hydrogens (tertiary/aromatic N) is 2. The minimum Gasteiger partial charge on any atom is -0.497 e. The van der Waals surface area contributed by atoms with Crippen LogP contribution in [0.25, 0.3) is 5.65 Å². The second-order valence-electron chi connectivity index (χ2n) is 6.05. The molecular weight excluding hydrogens is 314 g/mol. The summed E-state index contributed by atoms with van der Waals surface area (Å²) in [6, 6.07) is 11.8. The highest BCUT2D eigenvalue weighted by Crippen LogP contribution is 2.15. The van der Waals surface area contributed by atoms with E-state index in [0.717, 1.165) is 41.1 Å². The largest absolute Gasteiger partial charge is 0.497 e. The molecular formula is C20H23N3O2. The number of methoxy groups -OCH3 is 1. The number of imidazole rings is 1. The number of nitrogens with one attached hydrogen (secondary N) is 1. The maximum atomic E-state index is 12.7. The van der Waals surface area contributed by atoms with Crippen molar-refractivity contribution in [1.82, 2.24) is 14.7 Å². The summed E-state index contributed by atoms with van der Waals surface area (Å²) in [6.07, 6.45) is 3.45. The fourth-order valence-electron chi connectivity index (χ4n) is 2.88. The minimum absolute atomic E-state index is 0.0801. The molecule has 3 aromatic rings. The summed E-state index contributed by atoms with van der Waals surface area (Å²) in [4.78, 5) is 17.3. The zero-order valence-electron chi connectivity index (χ0n) is 14.9. The van der Waals surface area contributed by atoms with Crippen LogP contribution < -0.4 is 10.1 Å². The lowest BCUT2D eigenvalue weighted by molar-refractivity contribution is 0.0947. The Morgan fingerprint density at radius 1 is 1.20 bits per heavy atom. The Kier molecular flexibility index (Phi) is 5.03. The number of hydrogen-bond acceptors (Lipinski definition) is 3. The summed E-state index contributed by atoms with van der Waals surface area (Å²) in [6.45, 7) is 4.60. The van der Waals surface area contributed by atoms with Gasteiger partial charge in [0.15, 0.2) is 0 Å². The van der Waals surface area contributed by atoms with E-state index in [-0.39, 0.29) is 5.91 Å². The Labute approximate surface area is 147 Å². The number of carbonyl (C=O) groups excluding carboxylic acids is 1. The zero-order chi connectivity index (χ0) is 17.8. The van der Waals surface area contributed by atoms with Crippen molar-refractivity contribution in [2.24, 2.45) is 0 Å². The van der Waals surface area contributed by atoms with Crippen molar-refractivity contribution >= 4 is 11.6 Å². The molecule has 0 unspecified atom stereocenters. The van der Waals surface area contributed by atoms with Crippen molar-refractivity contribution in [3.8, 4) is 5.75 Å². The number of aryl methyl sites for hydroxylation is 2. The Morgan fingerprint density at radius 3 is 2.64 bits per heavy atom. The Morgan fingerprint density at radius 2 is 1.96 bits per heavy atom. The lowest BCUT2D eigenvalue weighted by atomic mass is 10.1. The second kappa shape index (κ2) is 7.38. The molecule has 25 heavy (non-hydrogen) atoms. The van der Waals surface area contributed by atoms with Crippen molar-refractivity contribution < 1.29 is 9.53 Å². The Balaban J connectivity index is 1.72. The van der Waals surface area contributed by atoms with E-state index in [9.17, 15) is 4.79 Å². The molecule has 5 nitrogen and oxygen atoms in total. The van der Waals surface area contributed by atoms with Gasteiger partial charge in [0, 0.05) is 12.7 Å². The fraction of sp³-hybridized carbons (Fsp3) is 0.300. The van der Waals surface area contributed by atoms with Crippen LogP contribution in [0.2, 0.25) is 0 Å². The number of benzene rings is 1. The highest BCUT2D eigenvalue weighted by molar-refractivity contribution is 5.94. The average molecular weight is 337 g/mol. The van der Waals surface area contributed by atoms with Crippen molar-refractivity contribution in [1.29, 1.82) is 0 Å². The number of aromatic nitrogens is 2. The minimum atomic E-state index is -0.0801. The molecule has 0 aliphatic carbocycles. The molecule has 0 saturated carbocycles. The van der Waals surface area contributed by atoms with Crippen LogP contribution in [0.3, 0.4) is 0 Å². The SMILES string of the molecule is CCc1nc2ccc(C)cn2c1C(=O)NCCc1ccc(OC)cc1. The van der Waals surface area contributed by atoms with E-state index in [0.29, 0.717) is 12.2 Å². The molecule has 0 bridgehead atoms. The van der Waals surface area contributed by atoms with Crippen LogP contribution in [-0.4, -0.2) is 28.9 Å². The van der Waals surface area contributed by atoms with Gasteiger partial charge in [-0.3, -0.25) is 9.20 Å². The predicted molar refractivity (Wildman–Crippen MR) is 98.3 cm³/mol. The summed E-state index contributed by atoms with van der Waals surface area (Å²) in [7, 11) is 1.65. The molecule has 0 saturated heterocycles. The first kappa shape index (κ1) is 17.0. The van der Waals surface area contributed by atoms with Crippen LogP contribution in [-0.2, 0) is 12.8 Å². The van der Waals surface area contributed by atoms with E-state index in [1.54, 1.807) is 7.11 Å². The molecule has 3 rings (SSSR count). The van der Waals surface area contributed by atoms with Crippen LogP contribution >= 0.6 is 0 Å². The van der Waals surface area contributed by atoms with Crippen LogP contribution in [0, 0.1) is 6.92 Å². The van der Waals surface area contributed by atoms with Gasteiger partial charge < -0.3 is 10.1 Å². The summed E-state index contributed by atoms with van der Waals surface area (Å²) in [5, 5.41) is 3.02. The number of rotatable bonds is 6. The highest BCUT2D eigenvalue weighted by Gasteiger charge is 2.17. The number of carbonyl (C=O) groups is 1. The van der Waals surface area contributed by atoms with E-state index >= 15 is 0 Å². The molecule has 0 fully saturated rings. The van der Waals surface area contributed by atoms with Gasteiger partial charge in [-0.15, -0.1) is 0 Å². The smallest absolute Gasteiger partial charge is 0.270 e. The molecule has 130 valence electrons. The number of ether oxygens (including phenoxy) is 1. The van der Waals surface area contributed by atoms with Gasteiger partial charge in [-0.1, -0.05) is 25.1 Å². The zero-order valence-corrected chi connectivity index (χ0v) is 14.9. The Bertz CT molecular complexity index is 882. The van der Waals surface area contributed by atoms with Crippen molar-refractivity contribution in [3.63, 3.8) is 0 Å². The molecule has 2 aromatic heterocycles. The third kappa shape index (κ3) is 3.65. The van der Waals surface area contributed by atoms with Gasteiger partial charge in [-0.05, 0) is 49.1 Å². The highest BCUT2D eigenvalue weighted by atomic mass is 16.5. The molecule has 0 spiro atoms. The summed E-state index contributed by atoms with van der Waals surface area (Å²) in [5.74, 6) is 0.755. The maximum Gasteiger partial charge on any atom is 0.270 e. The third-order valence-electron chi connectivity index (χ3n) is 4.25. The molecule has 2 heterocycles. The number of hydrogen-bond donors (Lipinski definition) is 1. The molecule has 1 aromatic carbocycles. The van der Waals surface area contributed by atoms with Crippen LogP contribution in [0.1, 0.15) is 34.2 Å². The normalized spacial score (nSPS) is 10.8. The number of amides is 1. The number of fused-ring (bicyclic) bond motifs is 1. The molecule has 0 aliphatic rings. The molecule has 5 heteroatoms. The standard InChI is InChI=1S/C20H23N3O2/c1-4-17-19(23-13-14(2)5-10-18(23)22-17)20(24)21-12-11-15-6-8-16(25-3)9-7-15/h5-10,13H,4,11-12H2,1-3H3,(H,21,24). The van der Waals surface area contributed by atoms with Gasteiger partial charge in [0.05, 0.1) is 12.8 Å². The molecule has 0 atom stereocenters. The topological polar surface area (TPSA) is 55.6 Å². The lowest BCUT2D eigenvalue weighted by Crippen LogP contribution is -2.27. The van der Waals surface area contributed by atoms with Crippen molar-refractivity contribution in [2.75, 3.05) is 13.7 Å². The van der Waals surface area contributed by atoms with Gasteiger partial charge >= 0.3 is 0 Å². The van der Waals surface area contributed by atoms with E-state index in [2.05, 4.69) is 10.3 Å². The quantitative estimate of drug-likeness (QED) is 0.751. The molecule has 0 radical (unpaired) electrons. The van der Waals surface area contributed by atoms with Crippen LogP contribution in [0.5, 0.6) is 5.75 Å². The first-order valence-corrected chi connectivity index (χ1v) is 8.51. The van der Waals surface area contributed by atoms with Gasteiger partial charge in [0.1, 0.15) is 17.1 Å². The first-order valence-electron chi connectivity index (χ1n) is 8.51. The monoisotopic (exact) mass is 337 g/mol. The molecule has 0 aliphatic heterocycles. The summed E-state index contributed by atoms with van der Waals surface area (Å²) < 4.78 is 7.04. The molecule has 1 N–H and O–H groups in total. The van der Waals surface area contributed by atoms with E-state index < -0.39 is 0 Å². The van der Waals surface area contributed by atoms with E-state index in [1.807, 2.05) is 60.8 Å². The van der Waals surface area contributed by atoms with Gasteiger partial charge in [0.25, 0.3) is 5.91 Å². The van der Waals surface area contributed by atoms with Gasteiger partial charge in [-0.2, -0.15) is 0 Å². The summed E-state index contributed by atoms with van der Waals surface area (Å²) >= 11 is 0. The van der Waals surface area contributed by atoms with E-state index in [1.165, 1.54) is 0 Å². The van der Waals surface area contributed by atoms with E-state index in [4.69, 9.17) is 4.74 Å². The average Bonchev–Trinajstić information content (AvgIpc) is 3.00. The summed E-state index contributed by atoms with van der Waals surface area (Å²) in [5.41, 5.74) is 4.52. The van der Waals surface area contributed by atoms with Crippen LogP contribution in [0.4, 0.5) is 0 Å². The van der Waals surface area contributed by atoms with Crippen molar-refractivity contribution in [2.45, 2.75) is 26.7 Å². The van der Waals surface area contributed by atoms with Gasteiger partial charge in [-0.25, -0.2) is 4.98 Å². The van der Waals surface area contributed by atoms with Gasteiger partial charge in [0.2, 0.25) is 0 Å². The number of pyridine rings is 1. The van der Waals surface area contributed by atoms with Crippen LogP contribution in [0.15, 0.2) is 42.6 Å². The third-order valence-corrected chi connectivity index (χ3v) is 4.25. The first-order chi connectivity index (χ1) is 12.1. The fourth-order valence-corrected chi connectivity index (χ4v) is 2.88. The Hall–Kier alpha value is -2.82. The van der Waals surface area contributed by atoms with Crippen molar-refractivity contribution in [3.05, 3.63) is 65.1 Å². The second-order valence-corrected chi connectivity index (χ2v) is 6.05. The maximum absolute atomic E-state index is 12.7.